The van der Waals surface area contributed by atoms with Crippen LogP contribution in [0.5, 0.6) is 0 Å². The van der Waals surface area contributed by atoms with Crippen molar-refractivity contribution in [3.63, 3.8) is 0 Å². The molecule has 1 aliphatic heterocycles. The van der Waals surface area contributed by atoms with Gasteiger partial charge in [0.2, 0.25) is 0 Å². The fourth-order valence-electron chi connectivity index (χ4n) is 3.91. The lowest BCUT2D eigenvalue weighted by molar-refractivity contribution is -0.140. The molecule has 1 atom stereocenters. The number of rotatable bonds is 5. The van der Waals surface area contributed by atoms with Gasteiger partial charge in [-0.1, -0.05) is 77.6 Å². The van der Waals surface area contributed by atoms with Gasteiger partial charge in [0.25, 0.3) is 5.56 Å². The Morgan fingerprint density at radius 2 is 1.82 bits per heavy atom. The van der Waals surface area contributed by atoms with Gasteiger partial charge in [-0.15, -0.1) is 11.3 Å². The second-order valence-electron chi connectivity index (χ2n) is 8.07. The summed E-state index contributed by atoms with van der Waals surface area (Å²) in [5.74, 6) is -0.462. The summed E-state index contributed by atoms with van der Waals surface area (Å²) in [6, 6.07) is 20.8. The zero-order valence-corrected chi connectivity index (χ0v) is 20.4. The normalized spacial score (nSPS) is 15.7. The largest absolute Gasteiger partial charge is 0.457 e. The van der Waals surface area contributed by atoms with Crippen LogP contribution in [0.2, 0.25) is 0 Å². The molecule has 3 heterocycles. The van der Waals surface area contributed by atoms with Crippen molar-refractivity contribution in [1.29, 1.82) is 0 Å². The Morgan fingerprint density at radius 1 is 1.06 bits per heavy atom. The highest BCUT2D eigenvalue weighted by Gasteiger charge is 2.34. The van der Waals surface area contributed by atoms with E-state index in [0.29, 0.717) is 20.6 Å². The molecular formula is C27H22N2O3S2. The summed E-state index contributed by atoms with van der Waals surface area (Å²) in [4.78, 5) is 33.0. The van der Waals surface area contributed by atoms with Crippen LogP contribution < -0.4 is 14.9 Å². The molecule has 0 saturated carbocycles. The third-order valence-electron chi connectivity index (χ3n) is 5.64. The fourth-order valence-corrected chi connectivity index (χ4v) is 5.78. The van der Waals surface area contributed by atoms with Gasteiger partial charge >= 0.3 is 5.97 Å². The first kappa shape index (κ1) is 22.3. The Kier molecular flexibility index (Phi) is 6.13. The van der Waals surface area contributed by atoms with Crippen LogP contribution in [0.4, 0.5) is 0 Å². The summed E-state index contributed by atoms with van der Waals surface area (Å²) in [7, 11) is 0. The van der Waals surface area contributed by atoms with Crippen molar-refractivity contribution >= 4 is 34.7 Å². The van der Waals surface area contributed by atoms with Crippen LogP contribution in [0.3, 0.4) is 0 Å². The zero-order valence-electron chi connectivity index (χ0n) is 18.7. The first-order chi connectivity index (χ1) is 16.5. The van der Waals surface area contributed by atoms with Crippen LogP contribution in [-0.2, 0) is 16.1 Å². The van der Waals surface area contributed by atoms with E-state index in [0.717, 1.165) is 21.6 Å². The lowest BCUT2D eigenvalue weighted by Gasteiger charge is -2.23. The molecule has 0 spiro atoms. The van der Waals surface area contributed by atoms with Crippen molar-refractivity contribution in [3.8, 4) is 0 Å². The van der Waals surface area contributed by atoms with Crippen LogP contribution in [0.1, 0.15) is 34.5 Å². The molecule has 0 aliphatic carbocycles. The van der Waals surface area contributed by atoms with Gasteiger partial charge in [0.15, 0.2) is 4.80 Å². The molecule has 1 aliphatic rings. The van der Waals surface area contributed by atoms with E-state index in [1.54, 1.807) is 11.5 Å². The van der Waals surface area contributed by atoms with E-state index in [1.807, 2.05) is 85.1 Å². The minimum Gasteiger partial charge on any atom is -0.457 e. The molecule has 34 heavy (non-hydrogen) atoms. The van der Waals surface area contributed by atoms with Gasteiger partial charge < -0.3 is 4.74 Å². The molecule has 2 aromatic carbocycles. The summed E-state index contributed by atoms with van der Waals surface area (Å²) in [5.41, 5.74) is 3.81. The van der Waals surface area contributed by atoms with Gasteiger partial charge in [-0.3, -0.25) is 9.36 Å². The molecule has 5 rings (SSSR count). The number of thiophene rings is 1. The SMILES string of the molecule is CC1=C(C(=O)OCc2ccccc2)[C@@H](c2cccs2)n2c(s/c(=C\c3ccc(C)cc3)c2=O)=N1. The monoisotopic (exact) mass is 486 g/mol. The molecule has 4 aromatic rings. The third kappa shape index (κ3) is 4.32. The first-order valence-electron chi connectivity index (χ1n) is 10.8. The number of ether oxygens (including phenoxy) is 1. The van der Waals surface area contributed by atoms with E-state index in [9.17, 15) is 9.59 Å². The number of aryl methyl sites for hydroxylation is 1. The van der Waals surface area contributed by atoms with E-state index in [4.69, 9.17) is 4.74 Å². The molecule has 5 nitrogen and oxygen atoms in total. The van der Waals surface area contributed by atoms with E-state index < -0.39 is 12.0 Å². The Morgan fingerprint density at radius 3 is 2.53 bits per heavy atom. The smallest absolute Gasteiger partial charge is 0.338 e. The average molecular weight is 487 g/mol. The van der Waals surface area contributed by atoms with Crippen molar-refractivity contribution in [1.82, 2.24) is 4.57 Å². The highest BCUT2D eigenvalue weighted by molar-refractivity contribution is 7.10. The number of nitrogens with zero attached hydrogens (tertiary/aromatic N) is 2. The summed E-state index contributed by atoms with van der Waals surface area (Å²) in [6.07, 6.45) is 1.88. The second-order valence-corrected chi connectivity index (χ2v) is 10.1. The number of hydrogen-bond acceptors (Lipinski definition) is 6. The molecule has 0 radical (unpaired) electrons. The molecule has 0 unspecified atom stereocenters. The summed E-state index contributed by atoms with van der Waals surface area (Å²) < 4.78 is 7.87. The van der Waals surface area contributed by atoms with Gasteiger partial charge in [-0.2, -0.15) is 0 Å². The van der Waals surface area contributed by atoms with Crippen molar-refractivity contribution in [2.45, 2.75) is 26.5 Å². The van der Waals surface area contributed by atoms with Gasteiger partial charge in [0.1, 0.15) is 12.6 Å². The van der Waals surface area contributed by atoms with Crippen molar-refractivity contribution in [2.24, 2.45) is 4.99 Å². The Bertz CT molecular complexity index is 1540. The summed E-state index contributed by atoms with van der Waals surface area (Å²) in [6.45, 7) is 3.99. The first-order valence-corrected chi connectivity index (χ1v) is 12.5. The maximum atomic E-state index is 13.6. The predicted molar refractivity (Wildman–Crippen MR) is 136 cm³/mol. The molecule has 2 aromatic heterocycles. The zero-order chi connectivity index (χ0) is 23.7. The Balaban J connectivity index is 1.58. The topological polar surface area (TPSA) is 60.7 Å². The quantitative estimate of drug-likeness (QED) is 0.394. The number of carbonyl (C=O) groups excluding carboxylic acids is 1. The van der Waals surface area contributed by atoms with Crippen molar-refractivity contribution in [3.05, 3.63) is 125 Å². The molecule has 0 amide bonds. The van der Waals surface area contributed by atoms with Crippen molar-refractivity contribution < 1.29 is 9.53 Å². The number of fused-ring (bicyclic) bond motifs is 1. The van der Waals surface area contributed by atoms with Crippen LogP contribution in [-0.4, -0.2) is 10.5 Å². The Labute approximate surface area is 204 Å². The summed E-state index contributed by atoms with van der Waals surface area (Å²) in [5, 5.41) is 1.94. The number of carbonyl (C=O) groups is 1. The second kappa shape index (κ2) is 9.37. The number of benzene rings is 2. The number of esters is 1. The molecule has 7 heteroatoms. The molecule has 0 N–H and O–H groups in total. The third-order valence-corrected chi connectivity index (χ3v) is 7.55. The van der Waals surface area contributed by atoms with Crippen LogP contribution in [0.25, 0.3) is 6.08 Å². The molecule has 0 bridgehead atoms. The molecular weight excluding hydrogens is 464 g/mol. The van der Waals surface area contributed by atoms with Gasteiger partial charge in [-0.25, -0.2) is 9.79 Å². The highest BCUT2D eigenvalue weighted by Crippen LogP contribution is 2.33. The van der Waals surface area contributed by atoms with Crippen molar-refractivity contribution in [2.75, 3.05) is 0 Å². The maximum Gasteiger partial charge on any atom is 0.338 e. The predicted octanol–water partition coefficient (Wildman–Crippen LogP) is 4.35. The number of aromatic nitrogens is 1. The Hall–Kier alpha value is -3.55. The molecule has 0 fully saturated rings. The number of allylic oxidation sites excluding steroid dienone is 1. The van der Waals surface area contributed by atoms with E-state index in [1.165, 1.54) is 22.7 Å². The highest BCUT2D eigenvalue weighted by atomic mass is 32.1. The van der Waals surface area contributed by atoms with Gasteiger partial charge in [-0.05, 0) is 42.5 Å². The van der Waals surface area contributed by atoms with Gasteiger partial charge in [0, 0.05) is 4.88 Å². The van der Waals surface area contributed by atoms with Crippen LogP contribution in [0, 0.1) is 6.92 Å². The van der Waals surface area contributed by atoms with E-state index in [2.05, 4.69) is 4.99 Å². The standard InChI is InChI=1S/C27H22N2O3S2/c1-17-10-12-19(13-11-17)15-22-25(30)29-24(21-9-6-14-33-21)23(18(2)28-27(29)34-22)26(31)32-16-20-7-4-3-5-8-20/h3-15,24H,16H2,1-2H3/b22-15-/t24-/m1/s1. The maximum absolute atomic E-state index is 13.6. The summed E-state index contributed by atoms with van der Waals surface area (Å²) >= 11 is 2.84. The fraction of sp³-hybridized carbons (Fsp3) is 0.148. The number of hydrogen-bond donors (Lipinski definition) is 0. The lowest BCUT2D eigenvalue weighted by atomic mass is 10.0. The number of thiazole rings is 1. The lowest BCUT2D eigenvalue weighted by Crippen LogP contribution is -2.39. The van der Waals surface area contributed by atoms with E-state index in [-0.39, 0.29) is 12.2 Å². The van der Waals surface area contributed by atoms with Crippen LogP contribution in [0.15, 0.2) is 93.2 Å². The van der Waals surface area contributed by atoms with Gasteiger partial charge in [0.05, 0.1) is 15.8 Å². The van der Waals surface area contributed by atoms with Crippen LogP contribution >= 0.6 is 22.7 Å². The molecule has 170 valence electrons. The van der Waals surface area contributed by atoms with E-state index >= 15 is 0 Å². The average Bonchev–Trinajstić information content (AvgIpc) is 3.47. The molecule has 0 saturated heterocycles. The minimum atomic E-state index is -0.570. The minimum absolute atomic E-state index is 0.158.